The Kier molecular flexibility index (Phi) is 5.68. The summed E-state index contributed by atoms with van der Waals surface area (Å²) in [6, 6.07) is 16.0. The van der Waals surface area contributed by atoms with E-state index in [2.05, 4.69) is 0 Å². The van der Waals surface area contributed by atoms with Gasteiger partial charge in [0.15, 0.2) is 12.3 Å². The highest BCUT2D eigenvalue weighted by atomic mass is 19.1. The van der Waals surface area contributed by atoms with Crippen molar-refractivity contribution in [3.05, 3.63) is 71.8 Å². The van der Waals surface area contributed by atoms with Crippen molar-refractivity contribution in [3.63, 3.8) is 0 Å². The molecule has 0 unspecified atom stereocenters. The average molecular weight is 356 g/mol. The van der Waals surface area contributed by atoms with E-state index in [1.165, 1.54) is 0 Å². The van der Waals surface area contributed by atoms with Crippen LogP contribution in [-0.2, 0) is 14.2 Å². The molecule has 5 nitrogen and oxygen atoms in total. The Labute approximate surface area is 151 Å². The summed E-state index contributed by atoms with van der Waals surface area (Å²) in [6.07, 6.45) is -3.50. The molecule has 0 radical (unpaired) electrons. The minimum Gasteiger partial charge on any atom is -0.459 e. The summed E-state index contributed by atoms with van der Waals surface area (Å²) in [7, 11) is 1.55. The third-order valence-electron chi connectivity index (χ3n) is 4.16. The highest BCUT2D eigenvalue weighted by molar-refractivity contribution is 6.11. The van der Waals surface area contributed by atoms with Crippen LogP contribution in [0.25, 0.3) is 0 Å². The summed E-state index contributed by atoms with van der Waals surface area (Å²) in [5.41, 5.74) is 0.701. The SMILES string of the molecule is B[C@H]1O[C@H](COC(=O)c2ccccc2)[C@@H](OC(=O)c2ccccc2)[C@@H]1F. The van der Waals surface area contributed by atoms with Crippen molar-refractivity contribution in [1.29, 1.82) is 0 Å². The molecular weight excluding hydrogens is 338 g/mol. The maximum absolute atomic E-state index is 14.4. The van der Waals surface area contributed by atoms with Crippen LogP contribution in [0.5, 0.6) is 0 Å². The Hall–Kier alpha value is -2.67. The molecule has 1 aliphatic rings. The number of hydrogen-bond donors (Lipinski definition) is 0. The molecular formula is C19H18BFO5. The van der Waals surface area contributed by atoms with Gasteiger partial charge >= 0.3 is 11.9 Å². The molecule has 4 atom stereocenters. The number of benzene rings is 2. The van der Waals surface area contributed by atoms with E-state index in [-0.39, 0.29) is 6.61 Å². The van der Waals surface area contributed by atoms with Crippen molar-refractivity contribution in [2.75, 3.05) is 6.61 Å². The van der Waals surface area contributed by atoms with Gasteiger partial charge in [-0.2, -0.15) is 0 Å². The van der Waals surface area contributed by atoms with Crippen molar-refractivity contribution >= 4 is 19.8 Å². The molecule has 0 N–H and O–H groups in total. The molecule has 3 rings (SSSR count). The third kappa shape index (κ3) is 4.11. The van der Waals surface area contributed by atoms with Crippen molar-refractivity contribution in [2.24, 2.45) is 0 Å². The molecule has 1 aliphatic heterocycles. The highest BCUT2D eigenvalue weighted by Gasteiger charge is 2.46. The van der Waals surface area contributed by atoms with E-state index >= 15 is 0 Å². The quantitative estimate of drug-likeness (QED) is 0.604. The van der Waals surface area contributed by atoms with Crippen molar-refractivity contribution < 1.29 is 28.2 Å². The van der Waals surface area contributed by atoms with Crippen LogP contribution in [0, 0.1) is 0 Å². The zero-order valence-electron chi connectivity index (χ0n) is 14.2. The molecule has 134 valence electrons. The minimum absolute atomic E-state index is 0.203. The lowest BCUT2D eigenvalue weighted by molar-refractivity contribution is -0.0351. The number of alkyl halides is 1. The molecule has 1 fully saturated rings. The second-order valence-corrected chi connectivity index (χ2v) is 6.02. The normalized spacial score (nSPS) is 24.8. The van der Waals surface area contributed by atoms with Crippen LogP contribution >= 0.6 is 0 Å². The topological polar surface area (TPSA) is 61.8 Å². The van der Waals surface area contributed by atoms with Gasteiger partial charge < -0.3 is 14.2 Å². The van der Waals surface area contributed by atoms with Gasteiger partial charge in [-0.05, 0) is 24.3 Å². The average Bonchev–Trinajstić information content (AvgIpc) is 2.95. The molecule has 0 bridgehead atoms. The Morgan fingerprint density at radius 3 is 2.08 bits per heavy atom. The van der Waals surface area contributed by atoms with E-state index in [0.29, 0.717) is 11.1 Å². The molecule has 1 heterocycles. The van der Waals surface area contributed by atoms with E-state index in [9.17, 15) is 14.0 Å². The minimum atomic E-state index is -1.50. The zero-order valence-corrected chi connectivity index (χ0v) is 14.2. The van der Waals surface area contributed by atoms with E-state index in [0.717, 1.165) is 0 Å². The predicted molar refractivity (Wildman–Crippen MR) is 94.5 cm³/mol. The fourth-order valence-electron chi connectivity index (χ4n) is 2.76. The zero-order chi connectivity index (χ0) is 18.5. The van der Waals surface area contributed by atoms with Crippen molar-refractivity contribution in [1.82, 2.24) is 0 Å². The van der Waals surface area contributed by atoms with E-state index < -0.39 is 36.3 Å². The summed E-state index contributed by atoms with van der Waals surface area (Å²) >= 11 is 0. The second-order valence-electron chi connectivity index (χ2n) is 6.02. The number of carbonyl (C=O) groups excluding carboxylic acids is 2. The Morgan fingerprint density at radius 2 is 1.50 bits per heavy atom. The lowest BCUT2D eigenvalue weighted by atomic mass is 9.94. The van der Waals surface area contributed by atoms with Crippen LogP contribution in [0.4, 0.5) is 4.39 Å². The summed E-state index contributed by atoms with van der Waals surface area (Å²) < 4.78 is 30.4. The maximum Gasteiger partial charge on any atom is 0.338 e. The van der Waals surface area contributed by atoms with Gasteiger partial charge in [0.05, 0.1) is 17.1 Å². The van der Waals surface area contributed by atoms with Crippen molar-refractivity contribution in [2.45, 2.75) is 24.4 Å². The summed E-state index contributed by atoms with van der Waals surface area (Å²) in [5.74, 6) is -1.19. The smallest absolute Gasteiger partial charge is 0.338 e. The Bertz CT molecular complexity index is 755. The summed E-state index contributed by atoms with van der Waals surface area (Å²) in [5, 5.41) is 0. The lowest BCUT2D eigenvalue weighted by Gasteiger charge is -2.20. The van der Waals surface area contributed by atoms with Crippen molar-refractivity contribution in [3.8, 4) is 0 Å². The number of carbonyl (C=O) groups is 2. The molecule has 0 amide bonds. The molecule has 2 aromatic rings. The van der Waals surface area contributed by atoms with E-state index in [4.69, 9.17) is 14.2 Å². The fourth-order valence-corrected chi connectivity index (χ4v) is 2.76. The third-order valence-corrected chi connectivity index (χ3v) is 4.16. The van der Waals surface area contributed by atoms with Crippen LogP contribution < -0.4 is 0 Å². The van der Waals surface area contributed by atoms with Gasteiger partial charge in [-0.15, -0.1) is 0 Å². The van der Waals surface area contributed by atoms with Gasteiger partial charge in [0.2, 0.25) is 0 Å². The first kappa shape index (κ1) is 18.1. The monoisotopic (exact) mass is 356 g/mol. The largest absolute Gasteiger partial charge is 0.459 e. The fraction of sp³-hybridized carbons (Fsp3) is 0.263. The number of hydrogen-bond acceptors (Lipinski definition) is 5. The van der Waals surface area contributed by atoms with E-state index in [1.54, 1.807) is 68.5 Å². The van der Waals surface area contributed by atoms with Crippen LogP contribution in [-0.4, -0.2) is 50.8 Å². The van der Waals surface area contributed by atoms with Gasteiger partial charge in [0.1, 0.15) is 20.6 Å². The maximum atomic E-state index is 14.4. The van der Waals surface area contributed by atoms with Crippen LogP contribution in [0.15, 0.2) is 60.7 Å². The number of halogens is 1. The highest BCUT2D eigenvalue weighted by Crippen LogP contribution is 2.26. The standard InChI is InChI=1S/C19H18BFO5/c20-17-15(21)16(26-19(23)13-9-5-2-6-10-13)14(25-17)11-24-18(22)12-7-3-1-4-8-12/h1-10,14-17H,11,20H2/t14-,15+,16-,17+/m1/s1. The van der Waals surface area contributed by atoms with E-state index in [1.807, 2.05) is 0 Å². The molecule has 0 aliphatic carbocycles. The predicted octanol–water partition coefficient (Wildman–Crippen LogP) is 1.77. The number of ether oxygens (including phenoxy) is 3. The second kappa shape index (κ2) is 8.14. The molecule has 7 heteroatoms. The number of esters is 2. The van der Waals surface area contributed by atoms with Gasteiger partial charge in [-0.3, -0.25) is 0 Å². The van der Waals surface area contributed by atoms with Gasteiger partial charge in [0, 0.05) is 0 Å². The van der Waals surface area contributed by atoms with Crippen LogP contribution in [0.3, 0.4) is 0 Å². The Morgan fingerprint density at radius 1 is 0.962 bits per heavy atom. The first-order valence-electron chi connectivity index (χ1n) is 8.34. The van der Waals surface area contributed by atoms with Crippen LogP contribution in [0.2, 0.25) is 0 Å². The molecule has 26 heavy (non-hydrogen) atoms. The van der Waals surface area contributed by atoms with Gasteiger partial charge in [-0.1, -0.05) is 36.4 Å². The first-order chi connectivity index (χ1) is 12.6. The number of rotatable bonds is 5. The van der Waals surface area contributed by atoms with Crippen LogP contribution in [0.1, 0.15) is 20.7 Å². The summed E-state index contributed by atoms with van der Waals surface area (Å²) in [4.78, 5) is 24.2. The molecule has 0 aromatic heterocycles. The molecule has 0 spiro atoms. The molecule has 1 saturated heterocycles. The van der Waals surface area contributed by atoms with Gasteiger partial charge in [-0.25, -0.2) is 14.0 Å². The van der Waals surface area contributed by atoms with Gasteiger partial charge in [0.25, 0.3) is 0 Å². The Balaban J connectivity index is 1.63. The molecule has 0 saturated carbocycles. The first-order valence-corrected chi connectivity index (χ1v) is 8.34. The summed E-state index contributed by atoms with van der Waals surface area (Å²) in [6.45, 7) is -0.203. The lowest BCUT2D eigenvalue weighted by Crippen LogP contribution is -2.37. The molecule has 2 aromatic carbocycles.